The molecule has 0 spiro atoms. The van der Waals surface area contributed by atoms with Gasteiger partial charge in [-0.25, -0.2) is 4.79 Å². The molecule has 0 aromatic heterocycles. The van der Waals surface area contributed by atoms with Crippen LogP contribution in [-0.2, 0) is 20.8 Å². The molecule has 2 aliphatic carbocycles. The van der Waals surface area contributed by atoms with Gasteiger partial charge in [-0.2, -0.15) is 0 Å². The summed E-state index contributed by atoms with van der Waals surface area (Å²) in [5, 5.41) is 2.86. The van der Waals surface area contributed by atoms with Crippen LogP contribution in [0.3, 0.4) is 0 Å². The van der Waals surface area contributed by atoms with Crippen molar-refractivity contribution in [1.29, 1.82) is 0 Å². The number of ether oxygens (including phenoxy) is 3. The van der Waals surface area contributed by atoms with Gasteiger partial charge in [0.2, 0.25) is 0 Å². The number of hydrogen-bond donors (Lipinski definition) is 1. The van der Waals surface area contributed by atoms with Crippen LogP contribution in [0.4, 0.5) is 4.79 Å². The van der Waals surface area contributed by atoms with Gasteiger partial charge in [0.15, 0.2) is 0 Å². The van der Waals surface area contributed by atoms with Crippen LogP contribution in [0.1, 0.15) is 73.9 Å². The van der Waals surface area contributed by atoms with Gasteiger partial charge in [-0.3, -0.25) is 9.59 Å². The lowest BCUT2D eigenvalue weighted by molar-refractivity contribution is -0.128. The monoisotopic (exact) mass is 641 g/mol. The number of nitrogens with one attached hydrogen (secondary N) is 1. The molecule has 47 heavy (non-hydrogen) atoms. The molecule has 1 atom stereocenters. The number of carbonyl (C=O) groups is 3. The van der Waals surface area contributed by atoms with E-state index in [4.69, 9.17) is 14.2 Å². The molecule has 1 aliphatic heterocycles. The van der Waals surface area contributed by atoms with Gasteiger partial charge in [0.1, 0.15) is 11.4 Å². The van der Waals surface area contributed by atoms with Crippen LogP contribution in [0.2, 0.25) is 0 Å². The second kappa shape index (κ2) is 15.0. The number of hydrogen-bond acceptors (Lipinski definition) is 6. The van der Waals surface area contributed by atoms with Crippen molar-refractivity contribution in [2.75, 3.05) is 40.5 Å². The van der Waals surface area contributed by atoms with Crippen molar-refractivity contribution in [2.45, 2.75) is 70.6 Å². The molecule has 9 heteroatoms. The normalized spacial score (nSPS) is 18.0. The Morgan fingerprint density at radius 2 is 1.81 bits per heavy atom. The molecule has 2 aromatic carbocycles. The lowest BCUT2D eigenvalue weighted by atomic mass is 9.84. The van der Waals surface area contributed by atoms with Crippen LogP contribution < -0.4 is 10.1 Å². The lowest BCUT2D eigenvalue weighted by Gasteiger charge is -2.35. The Balaban J connectivity index is 1.48. The maximum atomic E-state index is 14.7. The summed E-state index contributed by atoms with van der Waals surface area (Å²) in [5.74, 6) is 0.413. The van der Waals surface area contributed by atoms with Gasteiger partial charge in [0, 0.05) is 49.8 Å². The van der Waals surface area contributed by atoms with Crippen LogP contribution in [0.25, 0.3) is 0 Å². The fraction of sp³-hybridized carbons (Fsp3) is 0.447. The minimum atomic E-state index is -0.650. The first-order valence-electron chi connectivity index (χ1n) is 16.5. The van der Waals surface area contributed by atoms with E-state index < -0.39 is 11.7 Å². The van der Waals surface area contributed by atoms with Crippen LogP contribution in [0, 0.1) is 0 Å². The van der Waals surface area contributed by atoms with Crippen molar-refractivity contribution >= 4 is 17.9 Å². The van der Waals surface area contributed by atoms with Gasteiger partial charge in [0.05, 0.1) is 20.3 Å². The van der Waals surface area contributed by atoms with E-state index >= 15 is 0 Å². The Kier molecular flexibility index (Phi) is 10.9. The second-order valence-corrected chi connectivity index (χ2v) is 13.4. The Morgan fingerprint density at radius 1 is 1.04 bits per heavy atom. The summed E-state index contributed by atoms with van der Waals surface area (Å²) in [6.45, 7) is 7.26. The SMILES string of the molecule is COCCNC(=O)c1cc(CN(C(=O)C2=C(C3=CC(c4ccccc4)CC=C3)CCN(C(=O)OC(C)(C)C)C2)C2CC2)cc(OC)c1. The Labute approximate surface area is 278 Å². The van der Waals surface area contributed by atoms with E-state index in [2.05, 4.69) is 47.8 Å². The number of amides is 3. The molecule has 0 bridgehead atoms. The van der Waals surface area contributed by atoms with E-state index in [0.29, 0.717) is 49.5 Å². The first-order valence-corrected chi connectivity index (χ1v) is 16.5. The number of methoxy groups -OCH3 is 2. The minimum absolute atomic E-state index is 0.0753. The van der Waals surface area contributed by atoms with Gasteiger partial charge < -0.3 is 29.3 Å². The molecule has 1 fully saturated rings. The average molecular weight is 642 g/mol. The summed E-state index contributed by atoms with van der Waals surface area (Å²) in [4.78, 5) is 44.4. The molecule has 1 heterocycles. The molecule has 5 rings (SSSR count). The molecule has 9 nitrogen and oxygen atoms in total. The molecule has 0 saturated heterocycles. The fourth-order valence-electron chi connectivity index (χ4n) is 6.07. The summed E-state index contributed by atoms with van der Waals surface area (Å²) < 4.78 is 16.3. The number of rotatable bonds is 11. The molecule has 0 radical (unpaired) electrons. The topological polar surface area (TPSA) is 97.4 Å². The fourth-order valence-corrected chi connectivity index (χ4v) is 6.07. The predicted octanol–water partition coefficient (Wildman–Crippen LogP) is 6.17. The van der Waals surface area contributed by atoms with E-state index in [9.17, 15) is 14.4 Å². The van der Waals surface area contributed by atoms with Gasteiger partial charge >= 0.3 is 6.09 Å². The highest BCUT2D eigenvalue weighted by atomic mass is 16.6. The molecule has 1 N–H and O–H groups in total. The summed E-state index contributed by atoms with van der Waals surface area (Å²) in [5.41, 5.74) is 4.45. The van der Waals surface area contributed by atoms with E-state index in [0.717, 1.165) is 36.0 Å². The van der Waals surface area contributed by atoms with Crippen molar-refractivity contribution < 1.29 is 28.6 Å². The number of allylic oxidation sites excluding steroid dienone is 4. The number of nitrogens with zero attached hydrogens (tertiary/aromatic N) is 2. The molecule has 1 saturated carbocycles. The van der Waals surface area contributed by atoms with E-state index in [1.165, 1.54) is 5.56 Å². The highest BCUT2D eigenvalue weighted by Gasteiger charge is 2.38. The molecular weight excluding hydrogens is 594 g/mol. The zero-order chi connectivity index (χ0) is 33.6. The average Bonchev–Trinajstić information content (AvgIpc) is 3.92. The maximum Gasteiger partial charge on any atom is 0.410 e. The van der Waals surface area contributed by atoms with Crippen molar-refractivity contribution in [1.82, 2.24) is 15.1 Å². The Bertz CT molecular complexity index is 1550. The number of benzene rings is 2. The molecule has 3 amide bonds. The van der Waals surface area contributed by atoms with E-state index in [1.54, 1.807) is 25.2 Å². The Morgan fingerprint density at radius 3 is 2.49 bits per heavy atom. The van der Waals surface area contributed by atoms with Crippen molar-refractivity contribution in [3.8, 4) is 5.75 Å². The van der Waals surface area contributed by atoms with Crippen LogP contribution in [-0.4, -0.2) is 79.8 Å². The largest absolute Gasteiger partial charge is 0.497 e. The summed E-state index contributed by atoms with van der Waals surface area (Å²) >= 11 is 0. The molecular formula is C38H47N3O6. The molecule has 1 unspecified atom stereocenters. The smallest absolute Gasteiger partial charge is 0.410 e. The van der Waals surface area contributed by atoms with Crippen molar-refractivity contribution in [3.63, 3.8) is 0 Å². The Hall–Kier alpha value is -4.37. The lowest BCUT2D eigenvalue weighted by Crippen LogP contribution is -2.45. The highest BCUT2D eigenvalue weighted by Crippen LogP contribution is 2.37. The van der Waals surface area contributed by atoms with E-state index in [1.807, 2.05) is 43.9 Å². The van der Waals surface area contributed by atoms with Gasteiger partial charge in [0.25, 0.3) is 11.8 Å². The first-order chi connectivity index (χ1) is 22.6. The van der Waals surface area contributed by atoms with Crippen molar-refractivity contribution in [3.05, 3.63) is 100 Å². The quantitative estimate of drug-likeness (QED) is 0.295. The second-order valence-electron chi connectivity index (χ2n) is 13.4. The third-order valence-electron chi connectivity index (χ3n) is 8.56. The van der Waals surface area contributed by atoms with E-state index in [-0.39, 0.29) is 30.3 Å². The van der Waals surface area contributed by atoms with Crippen LogP contribution in [0.15, 0.2) is 83.5 Å². The summed E-state index contributed by atoms with van der Waals surface area (Å²) in [6.07, 6.45) is 9.36. The van der Waals surface area contributed by atoms with Gasteiger partial charge in [-0.05, 0) is 86.9 Å². The van der Waals surface area contributed by atoms with Crippen LogP contribution >= 0.6 is 0 Å². The minimum Gasteiger partial charge on any atom is -0.497 e. The summed E-state index contributed by atoms with van der Waals surface area (Å²) in [6, 6.07) is 15.8. The zero-order valence-corrected chi connectivity index (χ0v) is 28.2. The standard InChI is InChI=1S/C38H47N3O6/c1-38(2,3)47-37(44)40-18-16-33(29-13-9-12-28(22-29)27-10-7-6-8-11-27)34(25-40)36(43)41(31-14-15-31)24-26-20-30(23-32(21-26)46-5)35(42)39-17-19-45-4/h6-11,13,20-23,28,31H,12,14-19,24-25H2,1-5H3,(H,39,42). The molecule has 2 aromatic rings. The third kappa shape index (κ3) is 8.92. The highest BCUT2D eigenvalue weighted by molar-refractivity contribution is 5.97. The first kappa shape index (κ1) is 34.0. The zero-order valence-electron chi connectivity index (χ0n) is 28.2. The molecule has 250 valence electrons. The third-order valence-corrected chi connectivity index (χ3v) is 8.56. The molecule has 3 aliphatic rings. The maximum absolute atomic E-state index is 14.7. The van der Waals surface area contributed by atoms with Gasteiger partial charge in [-0.15, -0.1) is 0 Å². The van der Waals surface area contributed by atoms with Crippen LogP contribution in [0.5, 0.6) is 5.75 Å². The predicted molar refractivity (Wildman–Crippen MR) is 181 cm³/mol. The number of carbonyl (C=O) groups excluding carboxylic acids is 3. The van der Waals surface area contributed by atoms with Gasteiger partial charge in [-0.1, -0.05) is 48.6 Å². The van der Waals surface area contributed by atoms with Crippen molar-refractivity contribution in [2.24, 2.45) is 0 Å². The summed E-state index contributed by atoms with van der Waals surface area (Å²) in [7, 11) is 3.15.